The van der Waals surface area contributed by atoms with E-state index in [9.17, 15) is 9.59 Å². The summed E-state index contributed by atoms with van der Waals surface area (Å²) in [6, 6.07) is 9.07. The highest BCUT2D eigenvalue weighted by Crippen LogP contribution is 2.21. The van der Waals surface area contributed by atoms with E-state index in [-0.39, 0.29) is 11.5 Å². The van der Waals surface area contributed by atoms with Gasteiger partial charge in [-0.3, -0.25) is 19.5 Å². The topological polar surface area (TPSA) is 119 Å². The smallest absolute Gasteiger partial charge is 0.269 e. The van der Waals surface area contributed by atoms with Crippen molar-refractivity contribution in [1.29, 1.82) is 0 Å². The number of aryl methyl sites for hydroxylation is 1. The number of aromatic nitrogens is 4. The van der Waals surface area contributed by atoms with Gasteiger partial charge >= 0.3 is 0 Å². The first-order valence-electron chi connectivity index (χ1n) is 10.5. The molecule has 3 aromatic rings. The zero-order valence-electron chi connectivity index (χ0n) is 18.1. The first kappa shape index (κ1) is 21.4. The maximum atomic E-state index is 11.8. The number of aromatic amines is 1. The molecule has 4 heterocycles. The molecular weight excluding hydrogens is 408 g/mol. The molecule has 0 spiro atoms. The van der Waals surface area contributed by atoms with Crippen LogP contribution in [0.15, 0.2) is 47.5 Å². The molecule has 0 radical (unpaired) electrons. The third kappa shape index (κ3) is 5.09. The summed E-state index contributed by atoms with van der Waals surface area (Å²) in [5, 5.41) is 5.64. The quantitative estimate of drug-likeness (QED) is 0.531. The van der Waals surface area contributed by atoms with Crippen LogP contribution >= 0.6 is 0 Å². The Bertz CT molecular complexity index is 1150. The number of H-pyrrole nitrogens is 1. The Labute approximate surface area is 185 Å². The monoisotopic (exact) mass is 434 g/mol. The molecule has 0 saturated carbocycles. The van der Waals surface area contributed by atoms with Gasteiger partial charge in [-0.15, -0.1) is 0 Å². The Kier molecular flexibility index (Phi) is 6.41. The summed E-state index contributed by atoms with van der Waals surface area (Å²) in [5.74, 6) is 0.820. The third-order valence-corrected chi connectivity index (χ3v) is 5.38. The van der Waals surface area contributed by atoms with Gasteiger partial charge < -0.3 is 15.5 Å². The zero-order valence-corrected chi connectivity index (χ0v) is 18.1. The van der Waals surface area contributed by atoms with Crippen LogP contribution in [0.25, 0.3) is 0 Å². The van der Waals surface area contributed by atoms with E-state index in [4.69, 9.17) is 0 Å². The van der Waals surface area contributed by atoms with Gasteiger partial charge in [-0.25, -0.2) is 15.0 Å². The molecule has 0 aromatic carbocycles. The molecule has 166 valence electrons. The predicted molar refractivity (Wildman–Crippen MR) is 122 cm³/mol. The number of carbonyl (C=O) groups excluding carboxylic acids is 1. The number of piperazine rings is 1. The normalized spacial score (nSPS) is 14.2. The van der Waals surface area contributed by atoms with Crippen LogP contribution in [0.5, 0.6) is 0 Å². The average Bonchev–Trinajstić information content (AvgIpc) is 2.79. The van der Waals surface area contributed by atoms with Gasteiger partial charge in [0.05, 0.1) is 11.4 Å². The number of nitrogens with one attached hydrogen (secondary N) is 3. The van der Waals surface area contributed by atoms with E-state index in [1.54, 1.807) is 19.3 Å². The number of nitrogens with zero attached hydrogens (tertiary/aromatic N) is 5. The molecule has 1 saturated heterocycles. The highest BCUT2D eigenvalue weighted by molar-refractivity contribution is 5.92. The Morgan fingerprint density at radius 1 is 1.09 bits per heavy atom. The fourth-order valence-electron chi connectivity index (χ4n) is 3.74. The van der Waals surface area contributed by atoms with Gasteiger partial charge in [0.25, 0.3) is 11.5 Å². The van der Waals surface area contributed by atoms with Gasteiger partial charge in [0, 0.05) is 58.2 Å². The number of carbonyl (C=O) groups is 1. The lowest BCUT2D eigenvalue weighted by molar-refractivity contribution is 0.0958. The van der Waals surface area contributed by atoms with Crippen molar-refractivity contribution >= 4 is 23.4 Å². The lowest BCUT2D eigenvalue weighted by atomic mass is 10.2. The highest BCUT2D eigenvalue weighted by atomic mass is 16.1. The number of hydrogen-bond acceptors (Lipinski definition) is 8. The standard InChI is InChI=1S/C22H26N8O2/c1-15-18(4-3-17(26-15)21(32)23-2)30-11-9-29(10-12-30)14-16-5-7-24-19(13-16)27-22-25-8-6-20(31)28-22/h3-8,13H,9-12,14H2,1-2H3,(H,23,32)(H2,24,25,27,28,31). The zero-order chi connectivity index (χ0) is 22.5. The Morgan fingerprint density at radius 3 is 2.59 bits per heavy atom. The molecule has 1 fully saturated rings. The number of amides is 1. The Balaban J connectivity index is 1.35. The van der Waals surface area contributed by atoms with Gasteiger partial charge in [0.2, 0.25) is 5.95 Å². The SMILES string of the molecule is CNC(=O)c1ccc(N2CCN(Cc3ccnc(Nc4nccc(=O)[nH]4)c3)CC2)c(C)n1. The Hall–Kier alpha value is -3.79. The van der Waals surface area contributed by atoms with Crippen molar-refractivity contribution in [1.82, 2.24) is 30.2 Å². The molecule has 32 heavy (non-hydrogen) atoms. The number of rotatable bonds is 6. The van der Waals surface area contributed by atoms with Crippen molar-refractivity contribution in [2.24, 2.45) is 0 Å². The van der Waals surface area contributed by atoms with Gasteiger partial charge in [0.1, 0.15) is 11.5 Å². The molecule has 0 aliphatic carbocycles. The summed E-state index contributed by atoms with van der Waals surface area (Å²) in [7, 11) is 1.60. The Morgan fingerprint density at radius 2 is 1.88 bits per heavy atom. The molecular formula is C22H26N8O2. The van der Waals surface area contributed by atoms with Crippen molar-refractivity contribution in [3.63, 3.8) is 0 Å². The second-order valence-electron chi connectivity index (χ2n) is 7.60. The van der Waals surface area contributed by atoms with Crippen molar-refractivity contribution in [3.8, 4) is 0 Å². The summed E-state index contributed by atoms with van der Waals surface area (Å²) < 4.78 is 0. The molecule has 0 bridgehead atoms. The molecule has 0 atom stereocenters. The number of hydrogen-bond donors (Lipinski definition) is 3. The van der Waals surface area contributed by atoms with Gasteiger partial charge in [-0.05, 0) is 36.8 Å². The van der Waals surface area contributed by atoms with Crippen molar-refractivity contribution < 1.29 is 4.79 Å². The first-order chi connectivity index (χ1) is 15.5. The van der Waals surface area contributed by atoms with E-state index >= 15 is 0 Å². The van der Waals surface area contributed by atoms with E-state index < -0.39 is 0 Å². The van der Waals surface area contributed by atoms with Crippen LogP contribution in [0.4, 0.5) is 17.5 Å². The number of anilines is 3. The lowest BCUT2D eigenvalue weighted by Gasteiger charge is -2.36. The van der Waals surface area contributed by atoms with Crippen molar-refractivity contribution in [2.45, 2.75) is 13.5 Å². The average molecular weight is 435 g/mol. The molecule has 4 rings (SSSR count). The van der Waals surface area contributed by atoms with E-state index in [0.717, 1.165) is 49.7 Å². The molecule has 3 N–H and O–H groups in total. The fraction of sp³-hybridized carbons (Fsp3) is 0.318. The highest BCUT2D eigenvalue weighted by Gasteiger charge is 2.20. The minimum absolute atomic E-state index is 0.176. The fourth-order valence-corrected chi connectivity index (χ4v) is 3.74. The molecule has 1 amide bonds. The van der Waals surface area contributed by atoms with E-state index in [0.29, 0.717) is 17.5 Å². The largest absolute Gasteiger partial charge is 0.368 e. The van der Waals surface area contributed by atoms with Crippen LogP contribution in [-0.2, 0) is 6.54 Å². The van der Waals surface area contributed by atoms with Crippen molar-refractivity contribution in [3.05, 3.63) is 70.0 Å². The van der Waals surface area contributed by atoms with E-state index in [2.05, 4.69) is 40.4 Å². The third-order valence-electron chi connectivity index (χ3n) is 5.38. The summed E-state index contributed by atoms with van der Waals surface area (Å²) in [6.45, 7) is 6.33. The van der Waals surface area contributed by atoms with Crippen LogP contribution in [0.3, 0.4) is 0 Å². The van der Waals surface area contributed by atoms with Crippen molar-refractivity contribution in [2.75, 3.05) is 43.4 Å². The summed E-state index contributed by atoms with van der Waals surface area (Å²) in [4.78, 5) is 43.4. The van der Waals surface area contributed by atoms with Gasteiger partial charge in [0.15, 0.2) is 0 Å². The predicted octanol–water partition coefficient (Wildman–Crippen LogP) is 1.29. The molecule has 0 unspecified atom stereocenters. The molecule has 10 nitrogen and oxygen atoms in total. The maximum Gasteiger partial charge on any atom is 0.269 e. The molecule has 3 aromatic heterocycles. The van der Waals surface area contributed by atoms with Gasteiger partial charge in [-0.1, -0.05) is 0 Å². The molecule has 1 aliphatic rings. The van der Waals surface area contributed by atoms with E-state index in [1.807, 2.05) is 25.1 Å². The summed E-state index contributed by atoms with van der Waals surface area (Å²) >= 11 is 0. The van der Waals surface area contributed by atoms with E-state index in [1.165, 1.54) is 12.3 Å². The molecule has 1 aliphatic heterocycles. The van der Waals surface area contributed by atoms with Gasteiger partial charge in [-0.2, -0.15) is 0 Å². The second-order valence-corrected chi connectivity index (χ2v) is 7.60. The van der Waals surface area contributed by atoms with Crippen LogP contribution in [0.1, 0.15) is 21.7 Å². The molecule has 10 heteroatoms. The number of pyridine rings is 2. The van der Waals surface area contributed by atoms with Crippen LogP contribution < -0.4 is 21.1 Å². The summed E-state index contributed by atoms with van der Waals surface area (Å²) in [6.07, 6.45) is 3.20. The van der Waals surface area contributed by atoms with Crippen LogP contribution in [0, 0.1) is 6.92 Å². The van der Waals surface area contributed by atoms with Crippen LogP contribution in [-0.4, -0.2) is 64.0 Å². The lowest BCUT2D eigenvalue weighted by Crippen LogP contribution is -2.46. The minimum Gasteiger partial charge on any atom is -0.368 e. The first-order valence-corrected chi connectivity index (χ1v) is 10.5. The second kappa shape index (κ2) is 9.56. The summed E-state index contributed by atoms with van der Waals surface area (Å²) in [5.41, 5.74) is 3.27. The minimum atomic E-state index is -0.217. The van der Waals surface area contributed by atoms with Crippen LogP contribution in [0.2, 0.25) is 0 Å². The maximum absolute atomic E-state index is 11.8.